The van der Waals surface area contributed by atoms with E-state index in [-0.39, 0.29) is 11.7 Å². The van der Waals surface area contributed by atoms with Gasteiger partial charge in [0.25, 0.3) is 5.91 Å². The molecule has 0 aromatic heterocycles. The van der Waals surface area contributed by atoms with Gasteiger partial charge in [-0.1, -0.05) is 40.2 Å². The normalized spacial score (nSPS) is 11.1. The predicted octanol–water partition coefficient (Wildman–Crippen LogP) is 5.33. The van der Waals surface area contributed by atoms with Crippen molar-refractivity contribution in [2.24, 2.45) is 15.3 Å². The van der Waals surface area contributed by atoms with E-state index < -0.39 is 0 Å². The van der Waals surface area contributed by atoms with E-state index in [9.17, 15) is 9.90 Å². The van der Waals surface area contributed by atoms with E-state index in [1.807, 2.05) is 30.3 Å². The standard InChI is InChI=1S/C20H15BrN4O2/c21-16-7-4-8-17(12-16)23-24-18-9-10-19(26)15(11-18)13-22-25-20(27)14-5-2-1-3-6-14/h1-13,26H,(H,25,27)/b22-13+,24-23?. The Morgan fingerprint density at radius 2 is 1.67 bits per heavy atom. The van der Waals surface area contributed by atoms with Gasteiger partial charge < -0.3 is 5.11 Å². The summed E-state index contributed by atoms with van der Waals surface area (Å²) in [6.07, 6.45) is 1.36. The number of rotatable bonds is 5. The highest BCUT2D eigenvalue weighted by Gasteiger charge is 2.03. The summed E-state index contributed by atoms with van der Waals surface area (Å²) in [5, 5.41) is 22.2. The van der Waals surface area contributed by atoms with Crippen LogP contribution in [0.1, 0.15) is 15.9 Å². The van der Waals surface area contributed by atoms with E-state index in [4.69, 9.17) is 0 Å². The maximum atomic E-state index is 11.9. The number of carbonyl (C=O) groups is 1. The lowest BCUT2D eigenvalue weighted by Gasteiger charge is -2.01. The van der Waals surface area contributed by atoms with Gasteiger partial charge in [0.15, 0.2) is 0 Å². The van der Waals surface area contributed by atoms with Crippen molar-refractivity contribution in [1.29, 1.82) is 0 Å². The second kappa shape index (κ2) is 8.86. The average molecular weight is 423 g/mol. The van der Waals surface area contributed by atoms with Gasteiger partial charge in [-0.2, -0.15) is 15.3 Å². The first kappa shape index (κ1) is 18.5. The number of hydrogen-bond donors (Lipinski definition) is 2. The number of phenolic OH excluding ortho intramolecular Hbond substituents is 1. The van der Waals surface area contributed by atoms with Crippen molar-refractivity contribution < 1.29 is 9.90 Å². The molecule has 0 saturated carbocycles. The zero-order valence-corrected chi connectivity index (χ0v) is 15.7. The molecule has 0 radical (unpaired) electrons. The summed E-state index contributed by atoms with van der Waals surface area (Å²) >= 11 is 3.38. The van der Waals surface area contributed by atoms with E-state index in [0.29, 0.717) is 22.5 Å². The summed E-state index contributed by atoms with van der Waals surface area (Å²) in [4.78, 5) is 11.9. The molecule has 134 valence electrons. The molecule has 0 atom stereocenters. The number of amides is 1. The smallest absolute Gasteiger partial charge is 0.271 e. The van der Waals surface area contributed by atoms with Crippen LogP contribution in [0.4, 0.5) is 11.4 Å². The molecule has 27 heavy (non-hydrogen) atoms. The van der Waals surface area contributed by atoms with Crippen LogP contribution in [0, 0.1) is 0 Å². The molecule has 0 heterocycles. The minimum Gasteiger partial charge on any atom is -0.507 e. The minimum atomic E-state index is -0.336. The van der Waals surface area contributed by atoms with Gasteiger partial charge in [0.05, 0.1) is 17.6 Å². The number of halogens is 1. The Hall–Kier alpha value is -3.32. The van der Waals surface area contributed by atoms with E-state index in [1.54, 1.807) is 36.4 Å². The van der Waals surface area contributed by atoms with Crippen LogP contribution in [0.25, 0.3) is 0 Å². The number of phenols is 1. The maximum absolute atomic E-state index is 11.9. The van der Waals surface area contributed by atoms with Gasteiger partial charge in [-0.15, -0.1) is 0 Å². The summed E-state index contributed by atoms with van der Waals surface area (Å²) in [5.41, 5.74) is 4.57. The number of azo groups is 1. The van der Waals surface area contributed by atoms with Crippen LogP contribution in [0.2, 0.25) is 0 Å². The Balaban J connectivity index is 1.70. The van der Waals surface area contributed by atoms with Crippen LogP contribution >= 0.6 is 15.9 Å². The molecule has 3 aromatic carbocycles. The maximum Gasteiger partial charge on any atom is 0.271 e. The van der Waals surface area contributed by atoms with Crippen molar-refractivity contribution in [3.8, 4) is 5.75 Å². The molecule has 1 amide bonds. The lowest BCUT2D eigenvalue weighted by Crippen LogP contribution is -2.17. The quantitative estimate of drug-likeness (QED) is 0.330. The molecule has 2 N–H and O–H groups in total. The highest BCUT2D eigenvalue weighted by Crippen LogP contribution is 2.25. The van der Waals surface area contributed by atoms with Gasteiger partial charge in [0, 0.05) is 15.6 Å². The molecule has 0 aliphatic heterocycles. The number of hydrazone groups is 1. The second-order valence-corrected chi connectivity index (χ2v) is 6.40. The van der Waals surface area contributed by atoms with Crippen molar-refractivity contribution in [1.82, 2.24) is 5.43 Å². The number of nitrogens with zero attached hydrogens (tertiary/aromatic N) is 3. The SMILES string of the molecule is O=C(N/N=C/c1cc(N=Nc2cccc(Br)c2)ccc1O)c1ccccc1. The fourth-order valence-corrected chi connectivity index (χ4v) is 2.56. The van der Waals surface area contributed by atoms with Crippen molar-refractivity contribution in [2.45, 2.75) is 0 Å². The number of hydrogen-bond acceptors (Lipinski definition) is 5. The first-order chi connectivity index (χ1) is 13.1. The van der Waals surface area contributed by atoms with Gasteiger partial charge in [0.2, 0.25) is 0 Å². The van der Waals surface area contributed by atoms with E-state index in [0.717, 1.165) is 4.47 Å². The fraction of sp³-hybridized carbons (Fsp3) is 0. The van der Waals surface area contributed by atoms with Crippen LogP contribution in [0.5, 0.6) is 5.75 Å². The molecule has 0 aliphatic carbocycles. The summed E-state index contributed by atoms with van der Waals surface area (Å²) in [6, 6.07) is 20.9. The van der Waals surface area contributed by atoms with Gasteiger partial charge in [-0.25, -0.2) is 5.43 Å². The van der Waals surface area contributed by atoms with Gasteiger partial charge in [-0.05, 0) is 48.5 Å². The van der Waals surface area contributed by atoms with E-state index >= 15 is 0 Å². The van der Waals surface area contributed by atoms with E-state index in [2.05, 4.69) is 36.7 Å². The molecule has 7 heteroatoms. The summed E-state index contributed by atoms with van der Waals surface area (Å²) in [5.74, 6) is -0.314. The highest BCUT2D eigenvalue weighted by atomic mass is 79.9. The van der Waals surface area contributed by atoms with Gasteiger partial charge in [-0.3, -0.25) is 4.79 Å². The third-order valence-corrected chi connectivity index (χ3v) is 4.00. The molecule has 0 spiro atoms. The Kier molecular flexibility index (Phi) is 6.06. The van der Waals surface area contributed by atoms with Crippen LogP contribution < -0.4 is 5.43 Å². The largest absolute Gasteiger partial charge is 0.507 e. The predicted molar refractivity (Wildman–Crippen MR) is 108 cm³/mol. The van der Waals surface area contributed by atoms with Gasteiger partial charge in [0.1, 0.15) is 5.75 Å². The third kappa shape index (κ3) is 5.32. The van der Waals surface area contributed by atoms with E-state index in [1.165, 1.54) is 12.3 Å². The fourth-order valence-electron chi connectivity index (χ4n) is 2.18. The summed E-state index contributed by atoms with van der Waals surface area (Å²) in [7, 11) is 0. The van der Waals surface area contributed by atoms with Crippen molar-refractivity contribution >= 4 is 39.4 Å². The average Bonchev–Trinajstić information content (AvgIpc) is 2.69. The zero-order chi connectivity index (χ0) is 19.1. The van der Waals surface area contributed by atoms with Crippen LogP contribution in [0.15, 0.2) is 92.6 Å². The molecule has 6 nitrogen and oxygen atoms in total. The molecule has 0 bridgehead atoms. The number of carbonyl (C=O) groups excluding carboxylic acids is 1. The third-order valence-electron chi connectivity index (χ3n) is 3.51. The molecular formula is C20H15BrN4O2. The lowest BCUT2D eigenvalue weighted by atomic mass is 10.2. The van der Waals surface area contributed by atoms with Crippen LogP contribution in [-0.4, -0.2) is 17.2 Å². The monoisotopic (exact) mass is 422 g/mol. The molecular weight excluding hydrogens is 408 g/mol. The first-order valence-corrected chi connectivity index (χ1v) is 8.80. The topological polar surface area (TPSA) is 86.4 Å². The molecule has 0 unspecified atom stereocenters. The molecule has 3 rings (SSSR count). The molecule has 0 saturated heterocycles. The number of nitrogens with one attached hydrogen (secondary N) is 1. The Morgan fingerprint density at radius 3 is 2.41 bits per heavy atom. The second-order valence-electron chi connectivity index (χ2n) is 5.49. The number of benzene rings is 3. The first-order valence-electron chi connectivity index (χ1n) is 8.00. The van der Waals surface area contributed by atoms with Crippen molar-refractivity contribution in [2.75, 3.05) is 0 Å². The molecule has 3 aromatic rings. The molecule has 0 fully saturated rings. The molecule has 0 aliphatic rings. The number of aromatic hydroxyl groups is 1. The van der Waals surface area contributed by atoms with Gasteiger partial charge >= 0.3 is 0 Å². The Morgan fingerprint density at radius 1 is 0.926 bits per heavy atom. The zero-order valence-electron chi connectivity index (χ0n) is 14.1. The summed E-state index contributed by atoms with van der Waals surface area (Å²) in [6.45, 7) is 0. The van der Waals surface area contributed by atoms with Crippen molar-refractivity contribution in [3.05, 3.63) is 88.4 Å². The van der Waals surface area contributed by atoms with Crippen LogP contribution in [0.3, 0.4) is 0 Å². The van der Waals surface area contributed by atoms with Crippen LogP contribution in [-0.2, 0) is 0 Å². The summed E-state index contributed by atoms with van der Waals surface area (Å²) < 4.78 is 0.909. The Labute approximate surface area is 164 Å². The lowest BCUT2D eigenvalue weighted by molar-refractivity contribution is 0.0955. The van der Waals surface area contributed by atoms with Crippen molar-refractivity contribution in [3.63, 3.8) is 0 Å². The Bertz CT molecular complexity index is 1000. The highest BCUT2D eigenvalue weighted by molar-refractivity contribution is 9.10. The minimum absolute atomic E-state index is 0.0223.